The maximum atomic E-state index is 13.8. The van der Waals surface area contributed by atoms with E-state index >= 15 is 0 Å². The highest BCUT2D eigenvalue weighted by Gasteiger charge is 2.24. The van der Waals surface area contributed by atoms with Gasteiger partial charge in [-0.25, -0.2) is 14.2 Å². The second kappa shape index (κ2) is 6.21. The van der Waals surface area contributed by atoms with Gasteiger partial charge in [0.1, 0.15) is 11.6 Å². The third-order valence-electron chi connectivity index (χ3n) is 5.09. The van der Waals surface area contributed by atoms with Crippen LogP contribution in [0, 0.1) is 5.82 Å². The third-order valence-corrected chi connectivity index (χ3v) is 5.09. The molecule has 0 unspecified atom stereocenters. The molecule has 0 atom stereocenters. The van der Waals surface area contributed by atoms with Crippen molar-refractivity contribution in [2.24, 2.45) is 14.1 Å². The number of aromatic nitrogens is 4. The zero-order chi connectivity index (χ0) is 18.4. The maximum Gasteiger partial charge on any atom is 0.332 e. The van der Waals surface area contributed by atoms with Gasteiger partial charge in [-0.2, -0.15) is 0 Å². The Morgan fingerprint density at radius 3 is 2.65 bits per heavy atom. The summed E-state index contributed by atoms with van der Waals surface area (Å²) >= 11 is 0. The monoisotopic (exact) mass is 357 g/mol. The molecule has 1 aliphatic heterocycles. The molecule has 1 aliphatic rings. The van der Waals surface area contributed by atoms with E-state index in [1.165, 1.54) is 17.7 Å². The Labute approximate surface area is 148 Å². The lowest BCUT2D eigenvalue weighted by atomic mass is 10.1. The van der Waals surface area contributed by atoms with E-state index in [9.17, 15) is 14.0 Å². The van der Waals surface area contributed by atoms with Crippen LogP contribution in [0.5, 0.6) is 0 Å². The van der Waals surface area contributed by atoms with Crippen LogP contribution in [0.25, 0.3) is 11.2 Å². The first-order valence-corrected chi connectivity index (χ1v) is 8.58. The van der Waals surface area contributed by atoms with Gasteiger partial charge in [-0.1, -0.05) is 18.2 Å². The molecule has 0 bridgehead atoms. The smallest absolute Gasteiger partial charge is 0.320 e. The van der Waals surface area contributed by atoms with Crippen LogP contribution in [0.3, 0.4) is 0 Å². The summed E-state index contributed by atoms with van der Waals surface area (Å²) in [5, 5.41) is 0. The van der Waals surface area contributed by atoms with Crippen molar-refractivity contribution < 1.29 is 4.39 Å². The maximum absolute atomic E-state index is 13.8. The molecule has 0 radical (unpaired) electrons. The first-order chi connectivity index (χ1) is 12.5. The standard InChI is InChI=1S/C18H20FN5O2/c1-21-16-15(17(25)22(2)18(21)26)24-10-9-23(11-14(24)20-16)8-7-12-5-3-4-6-13(12)19/h3-6H,7-11H2,1-2H3. The van der Waals surface area contributed by atoms with Crippen molar-refractivity contribution in [1.82, 2.24) is 23.6 Å². The van der Waals surface area contributed by atoms with E-state index in [0.717, 1.165) is 16.9 Å². The number of imidazole rings is 1. The van der Waals surface area contributed by atoms with Gasteiger partial charge in [0.25, 0.3) is 5.56 Å². The zero-order valence-corrected chi connectivity index (χ0v) is 14.8. The Hall–Kier alpha value is -2.74. The van der Waals surface area contributed by atoms with Gasteiger partial charge >= 0.3 is 5.69 Å². The molecule has 0 spiro atoms. The highest BCUT2D eigenvalue weighted by molar-refractivity contribution is 5.71. The number of hydrogen-bond donors (Lipinski definition) is 0. The van der Waals surface area contributed by atoms with Gasteiger partial charge in [-0.3, -0.25) is 18.8 Å². The average Bonchev–Trinajstić information content (AvgIpc) is 3.03. The van der Waals surface area contributed by atoms with E-state index in [0.29, 0.717) is 42.8 Å². The largest absolute Gasteiger partial charge is 0.332 e. The first kappa shape index (κ1) is 16.7. The lowest BCUT2D eigenvalue weighted by Gasteiger charge is -2.27. The number of aryl methyl sites for hydroxylation is 1. The molecule has 0 saturated carbocycles. The van der Waals surface area contributed by atoms with E-state index in [2.05, 4.69) is 9.88 Å². The van der Waals surface area contributed by atoms with Gasteiger partial charge in [0.15, 0.2) is 11.2 Å². The van der Waals surface area contributed by atoms with Crippen LogP contribution < -0.4 is 11.2 Å². The molecular weight excluding hydrogens is 337 g/mol. The Morgan fingerprint density at radius 1 is 1.12 bits per heavy atom. The van der Waals surface area contributed by atoms with Gasteiger partial charge in [0, 0.05) is 33.7 Å². The molecule has 4 rings (SSSR count). The van der Waals surface area contributed by atoms with Crippen LogP contribution in [0.2, 0.25) is 0 Å². The summed E-state index contributed by atoms with van der Waals surface area (Å²) in [6.07, 6.45) is 0.618. The van der Waals surface area contributed by atoms with E-state index < -0.39 is 0 Å². The predicted octanol–water partition coefficient (Wildman–Crippen LogP) is 0.631. The molecule has 0 aliphatic carbocycles. The number of benzene rings is 1. The summed E-state index contributed by atoms with van der Waals surface area (Å²) in [5.74, 6) is 0.577. The average molecular weight is 357 g/mol. The minimum absolute atomic E-state index is 0.185. The summed E-state index contributed by atoms with van der Waals surface area (Å²) in [4.78, 5) is 31.3. The molecule has 26 heavy (non-hydrogen) atoms. The Morgan fingerprint density at radius 2 is 1.88 bits per heavy atom. The fourth-order valence-corrected chi connectivity index (χ4v) is 3.54. The number of hydrogen-bond acceptors (Lipinski definition) is 4. The van der Waals surface area contributed by atoms with Crippen LogP contribution in [0.1, 0.15) is 11.4 Å². The summed E-state index contributed by atoms with van der Waals surface area (Å²) < 4.78 is 18.2. The van der Waals surface area contributed by atoms with Gasteiger partial charge in [0.2, 0.25) is 0 Å². The first-order valence-electron chi connectivity index (χ1n) is 8.58. The van der Waals surface area contributed by atoms with Gasteiger partial charge in [0.05, 0.1) is 6.54 Å². The summed E-state index contributed by atoms with van der Waals surface area (Å²) in [6.45, 7) is 2.65. The number of fused-ring (bicyclic) bond motifs is 3. The molecule has 2 aromatic heterocycles. The molecule has 0 N–H and O–H groups in total. The van der Waals surface area contributed by atoms with Crippen molar-refractivity contribution in [2.45, 2.75) is 19.5 Å². The molecule has 7 nitrogen and oxygen atoms in total. The molecule has 0 amide bonds. The fraction of sp³-hybridized carbons (Fsp3) is 0.389. The van der Waals surface area contributed by atoms with Crippen molar-refractivity contribution in [1.29, 1.82) is 0 Å². The van der Waals surface area contributed by atoms with Gasteiger partial charge in [-0.05, 0) is 18.1 Å². The Kier molecular flexibility index (Phi) is 3.99. The second-order valence-corrected chi connectivity index (χ2v) is 6.68. The fourth-order valence-electron chi connectivity index (χ4n) is 3.54. The van der Waals surface area contributed by atoms with E-state index in [4.69, 9.17) is 0 Å². The molecule has 1 aromatic carbocycles. The van der Waals surface area contributed by atoms with Crippen LogP contribution in [-0.2, 0) is 33.6 Å². The van der Waals surface area contributed by atoms with Crippen LogP contribution in [0.4, 0.5) is 4.39 Å². The van der Waals surface area contributed by atoms with E-state index in [1.54, 1.807) is 19.2 Å². The SMILES string of the molecule is Cn1c(=O)c2c(nc3n2CCN(CCc2ccccc2F)C3)n(C)c1=O. The third kappa shape index (κ3) is 2.57. The predicted molar refractivity (Wildman–Crippen MR) is 95.6 cm³/mol. The number of nitrogens with zero attached hydrogens (tertiary/aromatic N) is 5. The molecule has 0 saturated heterocycles. The van der Waals surface area contributed by atoms with E-state index in [-0.39, 0.29) is 17.1 Å². The highest BCUT2D eigenvalue weighted by Crippen LogP contribution is 2.18. The van der Waals surface area contributed by atoms with Crippen LogP contribution >= 0.6 is 0 Å². The van der Waals surface area contributed by atoms with Crippen molar-refractivity contribution in [3.63, 3.8) is 0 Å². The highest BCUT2D eigenvalue weighted by atomic mass is 19.1. The normalized spacial score (nSPS) is 14.7. The Balaban J connectivity index is 1.63. The number of halogens is 1. The lowest BCUT2D eigenvalue weighted by Crippen LogP contribution is -2.39. The molecular formula is C18H20FN5O2. The molecule has 8 heteroatoms. The Bertz CT molecular complexity index is 1110. The minimum Gasteiger partial charge on any atom is -0.320 e. The van der Waals surface area contributed by atoms with Gasteiger partial charge in [-0.15, -0.1) is 0 Å². The lowest BCUT2D eigenvalue weighted by molar-refractivity contribution is 0.221. The van der Waals surface area contributed by atoms with Crippen molar-refractivity contribution >= 4 is 11.2 Å². The van der Waals surface area contributed by atoms with E-state index in [1.807, 2.05) is 10.6 Å². The quantitative estimate of drug-likeness (QED) is 0.690. The van der Waals surface area contributed by atoms with Crippen LogP contribution in [0.15, 0.2) is 33.9 Å². The van der Waals surface area contributed by atoms with Crippen LogP contribution in [-0.4, -0.2) is 36.7 Å². The van der Waals surface area contributed by atoms with Crippen molar-refractivity contribution in [2.75, 3.05) is 13.1 Å². The molecule has 3 aromatic rings. The second-order valence-electron chi connectivity index (χ2n) is 6.68. The molecule has 3 heterocycles. The van der Waals surface area contributed by atoms with Crippen molar-refractivity contribution in [3.8, 4) is 0 Å². The molecule has 136 valence electrons. The molecule has 0 fully saturated rings. The summed E-state index contributed by atoms with van der Waals surface area (Å²) in [6, 6.07) is 6.80. The minimum atomic E-state index is -0.380. The van der Waals surface area contributed by atoms with Crippen molar-refractivity contribution in [3.05, 3.63) is 62.3 Å². The zero-order valence-electron chi connectivity index (χ0n) is 14.8. The summed E-state index contributed by atoms with van der Waals surface area (Å²) in [7, 11) is 3.10. The summed E-state index contributed by atoms with van der Waals surface area (Å²) in [5.41, 5.74) is 0.890. The topological polar surface area (TPSA) is 65.1 Å². The van der Waals surface area contributed by atoms with Gasteiger partial charge < -0.3 is 4.57 Å². The number of rotatable bonds is 3.